The first kappa shape index (κ1) is 19.1. The molecule has 0 aliphatic carbocycles. The topological polar surface area (TPSA) is 45.7 Å². The lowest BCUT2D eigenvalue weighted by atomic mass is 9.88. The van der Waals surface area contributed by atoms with Gasteiger partial charge in [0.25, 0.3) is 5.91 Å². The lowest BCUT2D eigenvalue weighted by molar-refractivity contribution is -0.190. The number of hydrogen-bond acceptors (Lipinski definition) is 4. The zero-order chi connectivity index (χ0) is 19.4. The van der Waals surface area contributed by atoms with E-state index in [9.17, 15) is 4.79 Å². The van der Waals surface area contributed by atoms with Crippen molar-refractivity contribution in [2.24, 2.45) is 0 Å². The Bertz CT molecular complexity index is 773. The number of hydrogen-bond donors (Lipinski definition) is 0. The summed E-state index contributed by atoms with van der Waals surface area (Å²) in [5.41, 5.74) is 2.30. The van der Waals surface area contributed by atoms with Gasteiger partial charge >= 0.3 is 0 Å². The second kappa shape index (κ2) is 8.41. The van der Waals surface area contributed by atoms with Crippen molar-refractivity contribution in [2.75, 3.05) is 26.2 Å². The first-order chi connectivity index (χ1) is 13.6. The largest absolute Gasteiger partial charge is 0.360 e. The molecule has 2 aliphatic heterocycles. The second-order valence-corrected chi connectivity index (χ2v) is 8.07. The highest BCUT2D eigenvalue weighted by molar-refractivity contribution is 5.81. The zero-order valence-corrected chi connectivity index (χ0v) is 16.6. The van der Waals surface area contributed by atoms with Crippen LogP contribution in [0.1, 0.15) is 30.9 Å². The van der Waals surface area contributed by atoms with Crippen LogP contribution in [0.5, 0.6) is 0 Å². The fourth-order valence-electron chi connectivity index (χ4n) is 4.38. The summed E-state index contributed by atoms with van der Waals surface area (Å²) in [5.74, 6) is 0.0916. The van der Waals surface area contributed by atoms with Crippen LogP contribution in [-0.2, 0) is 22.5 Å². The highest BCUT2D eigenvalue weighted by Crippen LogP contribution is 2.33. The van der Waals surface area contributed by atoms with E-state index in [0.29, 0.717) is 13.1 Å². The molecule has 3 heterocycles. The SMILES string of the molecule is CC1OC2(CCN(CCc3ccccc3)CC2)CN(Cc2ccncc2)C1=O. The van der Waals surface area contributed by atoms with Crippen LogP contribution in [0.15, 0.2) is 54.9 Å². The van der Waals surface area contributed by atoms with Crippen LogP contribution in [-0.4, -0.2) is 58.6 Å². The molecule has 1 amide bonds. The van der Waals surface area contributed by atoms with E-state index in [4.69, 9.17) is 4.74 Å². The second-order valence-electron chi connectivity index (χ2n) is 8.07. The first-order valence-electron chi connectivity index (χ1n) is 10.3. The van der Waals surface area contributed by atoms with Crippen LogP contribution < -0.4 is 0 Å². The van der Waals surface area contributed by atoms with Crippen LogP contribution in [0.25, 0.3) is 0 Å². The molecule has 5 nitrogen and oxygen atoms in total. The minimum atomic E-state index is -0.369. The third-order valence-corrected chi connectivity index (χ3v) is 6.01. The molecule has 2 aliphatic rings. The normalized spacial score (nSPS) is 22.5. The molecule has 5 heteroatoms. The molecule has 148 valence electrons. The Kier molecular flexibility index (Phi) is 5.74. The van der Waals surface area contributed by atoms with E-state index in [-0.39, 0.29) is 17.6 Å². The smallest absolute Gasteiger partial charge is 0.251 e. The van der Waals surface area contributed by atoms with Crippen molar-refractivity contribution in [3.05, 3.63) is 66.0 Å². The van der Waals surface area contributed by atoms with Gasteiger partial charge in [-0.05, 0) is 49.4 Å². The van der Waals surface area contributed by atoms with Gasteiger partial charge in [-0.25, -0.2) is 0 Å². The number of ether oxygens (including phenoxy) is 1. The van der Waals surface area contributed by atoms with E-state index >= 15 is 0 Å². The molecule has 1 aromatic carbocycles. The summed E-state index contributed by atoms with van der Waals surface area (Å²) >= 11 is 0. The minimum absolute atomic E-state index is 0.0916. The fourth-order valence-corrected chi connectivity index (χ4v) is 4.38. The van der Waals surface area contributed by atoms with Crippen molar-refractivity contribution >= 4 is 5.91 Å². The van der Waals surface area contributed by atoms with Crippen molar-refractivity contribution in [3.8, 4) is 0 Å². The maximum Gasteiger partial charge on any atom is 0.251 e. The lowest BCUT2D eigenvalue weighted by Gasteiger charge is -2.49. The number of piperidine rings is 1. The summed E-state index contributed by atoms with van der Waals surface area (Å²) < 4.78 is 6.28. The van der Waals surface area contributed by atoms with E-state index in [0.717, 1.165) is 44.5 Å². The van der Waals surface area contributed by atoms with Gasteiger partial charge < -0.3 is 14.5 Å². The zero-order valence-electron chi connectivity index (χ0n) is 16.6. The van der Waals surface area contributed by atoms with Crippen LogP contribution in [0.2, 0.25) is 0 Å². The number of benzene rings is 1. The number of likely N-dealkylation sites (tertiary alicyclic amines) is 1. The fraction of sp³-hybridized carbons (Fsp3) is 0.478. The summed E-state index contributed by atoms with van der Waals surface area (Å²) in [4.78, 5) is 21.2. The van der Waals surface area contributed by atoms with E-state index in [2.05, 4.69) is 40.2 Å². The third-order valence-electron chi connectivity index (χ3n) is 6.01. The third kappa shape index (κ3) is 4.42. The molecule has 0 saturated carbocycles. The Labute approximate surface area is 167 Å². The Hall–Kier alpha value is -2.24. The van der Waals surface area contributed by atoms with Crippen molar-refractivity contribution < 1.29 is 9.53 Å². The standard InChI is InChI=1S/C23H29N3O2/c1-19-22(27)26(17-21-7-12-24-13-8-21)18-23(28-19)10-15-25(16-11-23)14-9-20-5-3-2-4-6-20/h2-8,12-13,19H,9-11,14-18H2,1H3. The molecule has 2 saturated heterocycles. The Morgan fingerprint density at radius 2 is 1.79 bits per heavy atom. The highest BCUT2D eigenvalue weighted by atomic mass is 16.5. The molecule has 2 aromatic rings. The number of amides is 1. The summed E-state index contributed by atoms with van der Waals surface area (Å²) in [5, 5.41) is 0. The minimum Gasteiger partial charge on any atom is -0.360 e. The van der Waals surface area contributed by atoms with Gasteiger partial charge in [-0.3, -0.25) is 9.78 Å². The van der Waals surface area contributed by atoms with Crippen LogP contribution in [0.3, 0.4) is 0 Å². The van der Waals surface area contributed by atoms with Gasteiger partial charge in [-0.1, -0.05) is 30.3 Å². The monoisotopic (exact) mass is 379 g/mol. The Morgan fingerprint density at radius 3 is 2.50 bits per heavy atom. The van der Waals surface area contributed by atoms with Gasteiger partial charge in [0.1, 0.15) is 6.10 Å². The van der Waals surface area contributed by atoms with Crippen molar-refractivity contribution in [3.63, 3.8) is 0 Å². The molecule has 0 N–H and O–H groups in total. The molecule has 0 radical (unpaired) electrons. The lowest BCUT2D eigenvalue weighted by Crippen LogP contribution is -2.61. The number of carbonyl (C=O) groups is 1. The van der Waals surface area contributed by atoms with Crippen molar-refractivity contribution in [2.45, 2.75) is 44.4 Å². The molecule has 2 fully saturated rings. The van der Waals surface area contributed by atoms with E-state index in [1.807, 2.05) is 24.0 Å². The maximum absolute atomic E-state index is 12.7. The molecule has 0 bridgehead atoms. The highest BCUT2D eigenvalue weighted by Gasteiger charge is 2.45. The molecule has 1 unspecified atom stereocenters. The maximum atomic E-state index is 12.7. The first-order valence-corrected chi connectivity index (χ1v) is 10.3. The predicted octanol–water partition coefficient (Wildman–Crippen LogP) is 2.91. The summed E-state index contributed by atoms with van der Waals surface area (Å²) in [7, 11) is 0. The molecular weight excluding hydrogens is 350 g/mol. The van der Waals surface area contributed by atoms with Gasteiger partial charge in [0.2, 0.25) is 0 Å². The van der Waals surface area contributed by atoms with Gasteiger partial charge in [-0.15, -0.1) is 0 Å². The molecule has 4 rings (SSSR count). The van der Waals surface area contributed by atoms with Crippen molar-refractivity contribution in [1.82, 2.24) is 14.8 Å². The molecule has 1 aromatic heterocycles. The number of rotatable bonds is 5. The van der Waals surface area contributed by atoms with Crippen LogP contribution in [0.4, 0.5) is 0 Å². The van der Waals surface area contributed by atoms with E-state index < -0.39 is 0 Å². The predicted molar refractivity (Wildman–Crippen MR) is 109 cm³/mol. The van der Waals surface area contributed by atoms with Gasteiger partial charge in [-0.2, -0.15) is 0 Å². The van der Waals surface area contributed by atoms with Gasteiger partial charge in [0.05, 0.1) is 12.1 Å². The summed E-state index contributed by atoms with van der Waals surface area (Å²) in [6.07, 6.45) is 6.23. The molecular formula is C23H29N3O2. The van der Waals surface area contributed by atoms with Crippen molar-refractivity contribution in [1.29, 1.82) is 0 Å². The molecule has 1 atom stereocenters. The summed E-state index contributed by atoms with van der Waals surface area (Å²) in [6, 6.07) is 14.6. The number of aromatic nitrogens is 1. The summed E-state index contributed by atoms with van der Waals surface area (Å²) in [6.45, 7) is 6.34. The van der Waals surface area contributed by atoms with E-state index in [1.54, 1.807) is 12.4 Å². The average molecular weight is 380 g/mol. The Morgan fingerprint density at radius 1 is 1.07 bits per heavy atom. The van der Waals surface area contributed by atoms with Gasteiger partial charge in [0, 0.05) is 38.6 Å². The van der Waals surface area contributed by atoms with E-state index in [1.165, 1.54) is 5.56 Å². The Balaban J connectivity index is 1.35. The molecule has 1 spiro atoms. The van der Waals surface area contributed by atoms with Crippen LogP contribution >= 0.6 is 0 Å². The average Bonchev–Trinajstić information content (AvgIpc) is 2.73. The molecule has 28 heavy (non-hydrogen) atoms. The number of nitrogens with zero attached hydrogens (tertiary/aromatic N) is 3. The quantitative estimate of drug-likeness (QED) is 0.801. The van der Waals surface area contributed by atoms with Crippen LogP contribution in [0, 0.1) is 0 Å². The number of pyridine rings is 1. The number of morpholine rings is 1. The van der Waals surface area contributed by atoms with Gasteiger partial charge in [0.15, 0.2) is 0 Å². The number of carbonyl (C=O) groups excluding carboxylic acids is 1.